The van der Waals surface area contributed by atoms with Crippen LogP contribution in [0.2, 0.25) is 0 Å². The third-order valence-electron chi connectivity index (χ3n) is 3.12. The molecule has 1 amide bonds. The number of amides is 1. The van der Waals surface area contributed by atoms with E-state index < -0.39 is 5.41 Å². The van der Waals surface area contributed by atoms with Crippen molar-refractivity contribution >= 4 is 11.6 Å². The summed E-state index contributed by atoms with van der Waals surface area (Å²) in [5.41, 5.74) is 7.79. The lowest BCUT2D eigenvalue weighted by Crippen LogP contribution is -2.37. The average Bonchev–Trinajstić information content (AvgIpc) is 2.33. The molecule has 0 saturated carbocycles. The van der Waals surface area contributed by atoms with Crippen LogP contribution < -0.4 is 15.8 Å². The van der Waals surface area contributed by atoms with E-state index in [-0.39, 0.29) is 5.91 Å². The lowest BCUT2D eigenvalue weighted by atomic mass is 9.92. The molecule has 0 spiro atoms. The molecule has 18 heavy (non-hydrogen) atoms. The molecule has 4 heteroatoms. The quantitative estimate of drug-likeness (QED) is 0.861. The fourth-order valence-electron chi connectivity index (χ4n) is 1.53. The van der Waals surface area contributed by atoms with Gasteiger partial charge in [-0.15, -0.1) is 0 Å². The van der Waals surface area contributed by atoms with E-state index in [4.69, 9.17) is 10.5 Å². The molecule has 1 aromatic carbocycles. The van der Waals surface area contributed by atoms with Crippen molar-refractivity contribution in [2.24, 2.45) is 11.1 Å². The molecule has 0 aliphatic heterocycles. The van der Waals surface area contributed by atoms with Crippen LogP contribution >= 0.6 is 0 Å². The summed E-state index contributed by atoms with van der Waals surface area (Å²) in [7, 11) is 1.64. The second kappa shape index (κ2) is 5.40. The molecule has 0 atom stereocenters. The van der Waals surface area contributed by atoms with Crippen LogP contribution in [0.1, 0.15) is 25.0 Å². The first-order valence-electron chi connectivity index (χ1n) is 5.98. The Labute approximate surface area is 109 Å². The van der Waals surface area contributed by atoms with Crippen molar-refractivity contribution in [2.45, 2.75) is 27.7 Å². The van der Waals surface area contributed by atoms with Crippen LogP contribution in [0.3, 0.4) is 0 Å². The van der Waals surface area contributed by atoms with Gasteiger partial charge in [0.05, 0.1) is 12.5 Å². The standard InChI is InChI=1S/C14H22N2O2/c1-9-7-12(18-5)10(2)6-11(9)16-13(17)14(3,4)8-15/h6-7H,8,15H2,1-5H3,(H,16,17). The second-order valence-electron chi connectivity index (χ2n) is 5.18. The first kappa shape index (κ1) is 14.5. The molecule has 0 aliphatic carbocycles. The number of rotatable bonds is 4. The normalized spacial score (nSPS) is 11.2. The predicted octanol–water partition coefficient (Wildman–Crippen LogP) is 2.24. The number of anilines is 1. The van der Waals surface area contributed by atoms with E-state index in [0.717, 1.165) is 22.6 Å². The number of benzene rings is 1. The lowest BCUT2D eigenvalue weighted by molar-refractivity contribution is -0.123. The van der Waals surface area contributed by atoms with Crippen LogP contribution in [-0.4, -0.2) is 19.6 Å². The fourth-order valence-corrected chi connectivity index (χ4v) is 1.53. The van der Waals surface area contributed by atoms with E-state index in [1.165, 1.54) is 0 Å². The average molecular weight is 250 g/mol. The molecule has 0 aliphatic rings. The third-order valence-corrected chi connectivity index (χ3v) is 3.12. The zero-order valence-electron chi connectivity index (χ0n) is 11.8. The van der Waals surface area contributed by atoms with Gasteiger partial charge < -0.3 is 15.8 Å². The second-order valence-corrected chi connectivity index (χ2v) is 5.18. The molecule has 0 saturated heterocycles. The largest absolute Gasteiger partial charge is 0.496 e. The van der Waals surface area contributed by atoms with Crippen molar-refractivity contribution in [1.29, 1.82) is 0 Å². The zero-order valence-corrected chi connectivity index (χ0v) is 11.8. The summed E-state index contributed by atoms with van der Waals surface area (Å²) in [6, 6.07) is 3.83. The number of hydrogen-bond acceptors (Lipinski definition) is 3. The van der Waals surface area contributed by atoms with Gasteiger partial charge in [-0.25, -0.2) is 0 Å². The molecule has 0 heterocycles. The summed E-state index contributed by atoms with van der Waals surface area (Å²) in [5, 5.41) is 2.92. The number of nitrogens with two attached hydrogens (primary N) is 1. The topological polar surface area (TPSA) is 64.3 Å². The van der Waals surface area contributed by atoms with Gasteiger partial charge in [-0.3, -0.25) is 4.79 Å². The predicted molar refractivity (Wildman–Crippen MR) is 73.9 cm³/mol. The minimum atomic E-state index is -0.569. The molecule has 3 N–H and O–H groups in total. The summed E-state index contributed by atoms with van der Waals surface area (Å²) < 4.78 is 5.24. The first-order valence-corrected chi connectivity index (χ1v) is 5.98. The highest BCUT2D eigenvalue weighted by Crippen LogP contribution is 2.27. The van der Waals surface area contributed by atoms with Crippen molar-refractivity contribution in [3.05, 3.63) is 23.3 Å². The maximum atomic E-state index is 12.1. The van der Waals surface area contributed by atoms with Crippen molar-refractivity contribution < 1.29 is 9.53 Å². The molecule has 4 nitrogen and oxygen atoms in total. The zero-order chi connectivity index (χ0) is 13.9. The van der Waals surface area contributed by atoms with Gasteiger partial charge in [0.1, 0.15) is 5.75 Å². The van der Waals surface area contributed by atoms with E-state index in [0.29, 0.717) is 6.54 Å². The summed E-state index contributed by atoms with van der Waals surface area (Å²) in [4.78, 5) is 12.1. The molecular weight excluding hydrogens is 228 g/mol. The van der Waals surface area contributed by atoms with Gasteiger partial charge in [-0.1, -0.05) is 0 Å². The van der Waals surface area contributed by atoms with Crippen LogP contribution in [0, 0.1) is 19.3 Å². The molecular formula is C14H22N2O2. The molecule has 0 unspecified atom stereocenters. The summed E-state index contributed by atoms with van der Waals surface area (Å²) >= 11 is 0. The van der Waals surface area contributed by atoms with Crippen molar-refractivity contribution in [3.63, 3.8) is 0 Å². The van der Waals surface area contributed by atoms with Crippen molar-refractivity contribution in [3.8, 4) is 5.75 Å². The van der Waals surface area contributed by atoms with Gasteiger partial charge in [0.15, 0.2) is 0 Å². The van der Waals surface area contributed by atoms with Gasteiger partial charge >= 0.3 is 0 Å². The van der Waals surface area contributed by atoms with E-state index >= 15 is 0 Å². The number of aryl methyl sites for hydroxylation is 2. The first-order chi connectivity index (χ1) is 8.31. The van der Waals surface area contributed by atoms with Gasteiger partial charge in [-0.2, -0.15) is 0 Å². The summed E-state index contributed by atoms with van der Waals surface area (Å²) in [6.07, 6.45) is 0. The molecule has 0 bridgehead atoms. The van der Waals surface area contributed by atoms with Gasteiger partial charge in [0.25, 0.3) is 0 Å². The Morgan fingerprint density at radius 2 is 1.94 bits per heavy atom. The van der Waals surface area contributed by atoms with Crippen LogP contribution in [0.25, 0.3) is 0 Å². The van der Waals surface area contributed by atoms with Crippen LogP contribution in [0.15, 0.2) is 12.1 Å². The maximum absolute atomic E-state index is 12.1. The molecule has 0 aromatic heterocycles. The van der Waals surface area contributed by atoms with Gasteiger partial charge in [0, 0.05) is 12.2 Å². The third kappa shape index (κ3) is 3.01. The Hall–Kier alpha value is -1.55. The number of hydrogen-bond donors (Lipinski definition) is 2. The Bertz CT molecular complexity index is 453. The smallest absolute Gasteiger partial charge is 0.231 e. The summed E-state index contributed by atoms with van der Waals surface area (Å²) in [5.74, 6) is 0.751. The monoisotopic (exact) mass is 250 g/mol. The highest BCUT2D eigenvalue weighted by atomic mass is 16.5. The number of nitrogens with one attached hydrogen (secondary N) is 1. The number of methoxy groups -OCH3 is 1. The van der Waals surface area contributed by atoms with Gasteiger partial charge in [-0.05, 0) is 51.0 Å². The minimum absolute atomic E-state index is 0.0716. The Morgan fingerprint density at radius 1 is 1.33 bits per heavy atom. The maximum Gasteiger partial charge on any atom is 0.231 e. The van der Waals surface area contributed by atoms with E-state index in [1.54, 1.807) is 7.11 Å². The van der Waals surface area contributed by atoms with Gasteiger partial charge in [0.2, 0.25) is 5.91 Å². The summed E-state index contributed by atoms with van der Waals surface area (Å²) in [6.45, 7) is 7.85. The number of ether oxygens (including phenoxy) is 1. The molecule has 1 rings (SSSR count). The Kier molecular flexibility index (Phi) is 4.35. The Balaban J connectivity index is 2.99. The minimum Gasteiger partial charge on any atom is -0.496 e. The van der Waals surface area contributed by atoms with Crippen molar-refractivity contribution in [1.82, 2.24) is 0 Å². The highest BCUT2D eigenvalue weighted by Gasteiger charge is 2.26. The SMILES string of the molecule is COc1cc(C)c(NC(=O)C(C)(C)CN)cc1C. The molecule has 1 aromatic rings. The fraction of sp³-hybridized carbons (Fsp3) is 0.500. The number of carbonyl (C=O) groups excluding carboxylic acids is 1. The van der Waals surface area contributed by atoms with Crippen LogP contribution in [0.5, 0.6) is 5.75 Å². The molecule has 0 fully saturated rings. The Morgan fingerprint density at radius 3 is 2.44 bits per heavy atom. The number of carbonyl (C=O) groups is 1. The van der Waals surface area contributed by atoms with Crippen LogP contribution in [0.4, 0.5) is 5.69 Å². The molecule has 100 valence electrons. The van der Waals surface area contributed by atoms with Crippen molar-refractivity contribution in [2.75, 3.05) is 19.0 Å². The van der Waals surface area contributed by atoms with E-state index in [1.807, 2.05) is 39.8 Å². The molecule has 0 radical (unpaired) electrons. The van der Waals surface area contributed by atoms with E-state index in [9.17, 15) is 4.79 Å². The lowest BCUT2D eigenvalue weighted by Gasteiger charge is -2.22. The highest BCUT2D eigenvalue weighted by molar-refractivity contribution is 5.95. The van der Waals surface area contributed by atoms with E-state index in [2.05, 4.69) is 5.32 Å². The van der Waals surface area contributed by atoms with Crippen LogP contribution in [-0.2, 0) is 4.79 Å².